The molecule has 5 rings (SSSR count). The van der Waals surface area contributed by atoms with Gasteiger partial charge in [0.05, 0.1) is 12.9 Å². The van der Waals surface area contributed by atoms with Crippen LogP contribution in [-0.4, -0.2) is 34.7 Å². The van der Waals surface area contributed by atoms with Gasteiger partial charge in [0.15, 0.2) is 11.5 Å². The van der Waals surface area contributed by atoms with Crippen LogP contribution < -0.4 is 20.3 Å². The van der Waals surface area contributed by atoms with Crippen molar-refractivity contribution < 1.29 is 18.7 Å². The Hall–Kier alpha value is -3.81. The Morgan fingerprint density at radius 3 is 2.83 bits per heavy atom. The van der Waals surface area contributed by atoms with Gasteiger partial charge in [-0.05, 0) is 24.3 Å². The van der Waals surface area contributed by atoms with Crippen LogP contribution in [0.4, 0.5) is 0 Å². The summed E-state index contributed by atoms with van der Waals surface area (Å²) < 4.78 is 18.3. The summed E-state index contributed by atoms with van der Waals surface area (Å²) in [4.78, 5) is 29.3. The van der Waals surface area contributed by atoms with Crippen molar-refractivity contribution in [2.24, 2.45) is 0 Å². The first-order chi connectivity index (χ1) is 14.2. The van der Waals surface area contributed by atoms with E-state index in [9.17, 15) is 9.59 Å². The second-order valence-corrected chi connectivity index (χ2v) is 6.76. The number of nitrogens with zero attached hydrogens (tertiary/aromatic N) is 2. The number of ether oxygens (including phenoxy) is 2. The maximum atomic E-state index is 12.7. The van der Waals surface area contributed by atoms with E-state index in [1.165, 1.54) is 10.9 Å². The van der Waals surface area contributed by atoms with Crippen LogP contribution in [0, 0.1) is 0 Å². The monoisotopic (exact) mass is 391 g/mol. The number of rotatable bonds is 4. The zero-order chi connectivity index (χ0) is 19.8. The van der Waals surface area contributed by atoms with E-state index in [0.717, 1.165) is 5.39 Å². The van der Waals surface area contributed by atoms with Crippen molar-refractivity contribution in [3.63, 3.8) is 0 Å². The fraction of sp³-hybridized carbons (Fsp3) is 0.190. The number of hydrogen-bond acceptors (Lipinski definition) is 6. The lowest BCUT2D eigenvalue weighted by Crippen LogP contribution is -2.42. The highest BCUT2D eigenvalue weighted by molar-refractivity contribution is 6.01. The smallest absolute Gasteiger partial charge is 0.297 e. The molecule has 0 spiro atoms. The molecule has 4 aromatic rings. The molecule has 0 aliphatic carbocycles. The molecule has 1 amide bonds. The van der Waals surface area contributed by atoms with Gasteiger partial charge in [-0.3, -0.25) is 14.2 Å². The molecule has 0 saturated carbocycles. The Morgan fingerprint density at radius 1 is 1.14 bits per heavy atom. The average Bonchev–Trinajstić information content (AvgIpc) is 3.14. The van der Waals surface area contributed by atoms with Crippen LogP contribution in [0.1, 0.15) is 0 Å². The summed E-state index contributed by atoms with van der Waals surface area (Å²) >= 11 is 0. The third-order valence-electron chi connectivity index (χ3n) is 4.76. The molecule has 1 atom stereocenters. The van der Waals surface area contributed by atoms with Gasteiger partial charge in [-0.1, -0.05) is 24.3 Å². The SMILES string of the molecule is O=C(Cn1cnc2c(oc3ccccc32)c1=O)NC[C@@H]1COc2ccccc2O1. The predicted octanol–water partition coefficient (Wildman–Crippen LogP) is 2.10. The zero-order valence-corrected chi connectivity index (χ0v) is 15.3. The molecule has 8 heteroatoms. The van der Waals surface area contributed by atoms with Crippen LogP contribution in [0.3, 0.4) is 0 Å². The lowest BCUT2D eigenvalue weighted by atomic mass is 10.2. The summed E-state index contributed by atoms with van der Waals surface area (Å²) in [5.41, 5.74) is 0.826. The first kappa shape index (κ1) is 17.3. The Morgan fingerprint density at radius 2 is 1.93 bits per heavy atom. The van der Waals surface area contributed by atoms with Crippen LogP contribution in [-0.2, 0) is 11.3 Å². The summed E-state index contributed by atoms with van der Waals surface area (Å²) in [6.07, 6.45) is 1.06. The van der Waals surface area contributed by atoms with Crippen molar-refractivity contribution in [1.82, 2.24) is 14.9 Å². The van der Waals surface area contributed by atoms with Gasteiger partial charge in [-0.25, -0.2) is 4.98 Å². The summed E-state index contributed by atoms with van der Waals surface area (Å²) in [6.45, 7) is 0.439. The highest BCUT2D eigenvalue weighted by Gasteiger charge is 2.21. The third kappa shape index (κ3) is 3.18. The van der Waals surface area contributed by atoms with E-state index in [0.29, 0.717) is 29.2 Å². The Labute approximate surface area is 164 Å². The second kappa shape index (κ2) is 6.97. The molecular formula is C21H17N3O5. The number of benzene rings is 2. The number of fused-ring (bicyclic) bond motifs is 4. The molecule has 0 fully saturated rings. The maximum Gasteiger partial charge on any atom is 0.297 e. The summed E-state index contributed by atoms with van der Waals surface area (Å²) in [7, 11) is 0. The number of amides is 1. The molecule has 2 aromatic heterocycles. The van der Waals surface area contributed by atoms with Gasteiger partial charge in [-0.15, -0.1) is 0 Å². The fourth-order valence-electron chi connectivity index (χ4n) is 3.33. The van der Waals surface area contributed by atoms with Crippen molar-refractivity contribution in [1.29, 1.82) is 0 Å². The normalized spacial score (nSPS) is 15.5. The predicted molar refractivity (Wildman–Crippen MR) is 105 cm³/mol. The van der Waals surface area contributed by atoms with E-state index < -0.39 is 5.56 Å². The molecular weight excluding hydrogens is 374 g/mol. The van der Waals surface area contributed by atoms with Gasteiger partial charge in [0.1, 0.15) is 30.4 Å². The molecule has 8 nitrogen and oxygen atoms in total. The van der Waals surface area contributed by atoms with Gasteiger partial charge in [0.25, 0.3) is 5.56 Å². The minimum absolute atomic E-state index is 0.141. The number of furan rings is 1. The van der Waals surface area contributed by atoms with Gasteiger partial charge in [0.2, 0.25) is 11.5 Å². The highest BCUT2D eigenvalue weighted by Crippen LogP contribution is 2.30. The molecule has 2 aromatic carbocycles. The molecule has 0 bridgehead atoms. The lowest BCUT2D eigenvalue weighted by Gasteiger charge is -2.26. The highest BCUT2D eigenvalue weighted by atomic mass is 16.6. The van der Waals surface area contributed by atoms with E-state index >= 15 is 0 Å². The standard InChI is InChI=1S/C21H17N3O5/c25-18(22-9-13-11-27-16-7-3-4-8-17(16)28-13)10-24-12-23-19-14-5-1-2-6-15(14)29-20(19)21(24)26/h1-8,12-13H,9-11H2,(H,22,25)/t13-/m1/s1. The first-order valence-corrected chi connectivity index (χ1v) is 9.21. The lowest BCUT2D eigenvalue weighted by molar-refractivity contribution is -0.122. The van der Waals surface area contributed by atoms with Crippen LogP contribution in [0.25, 0.3) is 22.1 Å². The molecule has 0 radical (unpaired) electrons. The van der Waals surface area contributed by atoms with Crippen LogP contribution in [0.5, 0.6) is 11.5 Å². The Balaban J connectivity index is 1.27. The topological polar surface area (TPSA) is 95.6 Å². The summed E-state index contributed by atoms with van der Waals surface area (Å²) in [5, 5.41) is 3.54. The summed E-state index contributed by atoms with van der Waals surface area (Å²) in [6, 6.07) is 14.7. The quantitative estimate of drug-likeness (QED) is 0.572. The number of carbonyl (C=O) groups excluding carboxylic acids is 1. The molecule has 3 heterocycles. The average molecular weight is 391 g/mol. The number of carbonyl (C=O) groups is 1. The molecule has 0 unspecified atom stereocenters. The van der Waals surface area contributed by atoms with E-state index in [1.807, 2.05) is 42.5 Å². The van der Waals surface area contributed by atoms with Crippen molar-refractivity contribution in [2.75, 3.05) is 13.2 Å². The van der Waals surface area contributed by atoms with Crippen LogP contribution in [0.2, 0.25) is 0 Å². The number of hydrogen-bond donors (Lipinski definition) is 1. The molecule has 0 saturated heterocycles. The van der Waals surface area contributed by atoms with Crippen LogP contribution >= 0.6 is 0 Å². The maximum absolute atomic E-state index is 12.7. The van der Waals surface area contributed by atoms with Gasteiger partial charge >= 0.3 is 0 Å². The van der Waals surface area contributed by atoms with Crippen molar-refractivity contribution in [3.05, 3.63) is 65.2 Å². The van der Waals surface area contributed by atoms with Crippen LogP contribution in [0.15, 0.2) is 64.1 Å². The van der Waals surface area contributed by atoms with Crippen molar-refractivity contribution in [3.8, 4) is 11.5 Å². The molecule has 1 N–H and O–H groups in total. The number of para-hydroxylation sites is 3. The van der Waals surface area contributed by atoms with E-state index in [2.05, 4.69) is 10.3 Å². The fourth-order valence-corrected chi connectivity index (χ4v) is 3.33. The van der Waals surface area contributed by atoms with E-state index in [4.69, 9.17) is 13.9 Å². The van der Waals surface area contributed by atoms with E-state index in [-0.39, 0.29) is 30.7 Å². The molecule has 1 aliphatic rings. The second-order valence-electron chi connectivity index (χ2n) is 6.76. The number of nitrogens with one attached hydrogen (secondary N) is 1. The summed E-state index contributed by atoms with van der Waals surface area (Å²) in [5.74, 6) is 1.01. The van der Waals surface area contributed by atoms with Crippen molar-refractivity contribution >= 4 is 28.0 Å². The molecule has 146 valence electrons. The minimum atomic E-state index is -0.396. The van der Waals surface area contributed by atoms with Crippen molar-refractivity contribution in [2.45, 2.75) is 12.6 Å². The molecule has 29 heavy (non-hydrogen) atoms. The van der Waals surface area contributed by atoms with E-state index in [1.54, 1.807) is 6.07 Å². The van der Waals surface area contributed by atoms with Gasteiger partial charge in [0, 0.05) is 5.39 Å². The zero-order valence-electron chi connectivity index (χ0n) is 15.3. The largest absolute Gasteiger partial charge is 0.486 e. The Bertz CT molecular complexity index is 1280. The third-order valence-corrected chi connectivity index (χ3v) is 4.76. The minimum Gasteiger partial charge on any atom is -0.486 e. The van der Waals surface area contributed by atoms with Gasteiger partial charge in [-0.2, -0.15) is 0 Å². The Kier molecular flexibility index (Phi) is 4.16. The first-order valence-electron chi connectivity index (χ1n) is 9.21. The number of aromatic nitrogens is 2. The van der Waals surface area contributed by atoms with Gasteiger partial charge < -0.3 is 19.2 Å². The molecule has 1 aliphatic heterocycles.